The van der Waals surface area contributed by atoms with Gasteiger partial charge in [-0.2, -0.15) is 12.6 Å². The predicted octanol–water partition coefficient (Wildman–Crippen LogP) is 1.33. The standard InChI is InChI=1S/C10H14N2OS/c1-8-2-4-11-6-9(8)7-12-10(13)3-5-14/h2,4,6,14H,3,5,7H2,1H3,(H,12,13). The van der Waals surface area contributed by atoms with Gasteiger partial charge < -0.3 is 5.32 Å². The summed E-state index contributed by atoms with van der Waals surface area (Å²) in [6.07, 6.45) is 3.98. The number of amides is 1. The van der Waals surface area contributed by atoms with Crippen molar-refractivity contribution in [1.29, 1.82) is 0 Å². The normalized spacial score (nSPS) is 9.86. The highest BCUT2D eigenvalue weighted by molar-refractivity contribution is 7.80. The summed E-state index contributed by atoms with van der Waals surface area (Å²) in [5, 5.41) is 2.81. The molecule has 0 bridgehead atoms. The molecule has 0 fully saturated rings. The van der Waals surface area contributed by atoms with Crippen LogP contribution in [0.1, 0.15) is 17.5 Å². The molecule has 0 radical (unpaired) electrons. The summed E-state index contributed by atoms with van der Waals surface area (Å²) >= 11 is 3.99. The molecule has 14 heavy (non-hydrogen) atoms. The van der Waals surface area contributed by atoms with E-state index in [1.54, 1.807) is 12.4 Å². The Morgan fingerprint density at radius 3 is 3.07 bits per heavy atom. The summed E-state index contributed by atoms with van der Waals surface area (Å²) in [6, 6.07) is 1.93. The average Bonchev–Trinajstić information content (AvgIpc) is 2.17. The molecule has 0 saturated heterocycles. The Bertz CT molecular complexity index is 315. The molecule has 1 rings (SSSR count). The second-order valence-electron chi connectivity index (χ2n) is 3.05. The van der Waals surface area contributed by atoms with Crippen LogP contribution in [0.4, 0.5) is 0 Å². The van der Waals surface area contributed by atoms with Gasteiger partial charge in [-0.1, -0.05) is 0 Å². The molecule has 1 amide bonds. The number of thiol groups is 1. The summed E-state index contributed by atoms with van der Waals surface area (Å²) < 4.78 is 0. The Morgan fingerprint density at radius 2 is 2.43 bits per heavy atom. The number of pyridine rings is 1. The number of nitrogens with zero attached hydrogens (tertiary/aromatic N) is 1. The third kappa shape index (κ3) is 3.38. The van der Waals surface area contributed by atoms with Gasteiger partial charge in [0.25, 0.3) is 0 Å². The van der Waals surface area contributed by atoms with Gasteiger partial charge in [0, 0.05) is 25.4 Å². The summed E-state index contributed by atoms with van der Waals surface area (Å²) in [5.74, 6) is 0.612. The highest BCUT2D eigenvalue weighted by Gasteiger charge is 2.01. The maximum Gasteiger partial charge on any atom is 0.221 e. The Hall–Kier alpha value is -1.03. The summed E-state index contributed by atoms with van der Waals surface area (Å²) in [4.78, 5) is 15.2. The van der Waals surface area contributed by atoms with Crippen LogP contribution in [-0.2, 0) is 11.3 Å². The molecule has 0 aromatic carbocycles. The SMILES string of the molecule is Cc1ccncc1CNC(=O)CCS. The van der Waals surface area contributed by atoms with Crippen molar-refractivity contribution < 1.29 is 4.79 Å². The molecule has 0 aliphatic rings. The lowest BCUT2D eigenvalue weighted by atomic mass is 10.1. The van der Waals surface area contributed by atoms with E-state index in [4.69, 9.17) is 0 Å². The first-order chi connectivity index (χ1) is 6.74. The number of aromatic nitrogens is 1. The van der Waals surface area contributed by atoms with Crippen LogP contribution in [0.2, 0.25) is 0 Å². The Labute approximate surface area is 89.3 Å². The zero-order chi connectivity index (χ0) is 10.4. The second kappa shape index (κ2) is 5.65. The van der Waals surface area contributed by atoms with Crippen LogP contribution in [0.15, 0.2) is 18.5 Å². The summed E-state index contributed by atoms with van der Waals surface area (Å²) in [5.41, 5.74) is 2.20. The highest BCUT2D eigenvalue weighted by atomic mass is 32.1. The first kappa shape index (κ1) is 11.0. The molecule has 76 valence electrons. The Morgan fingerprint density at radius 1 is 1.64 bits per heavy atom. The lowest BCUT2D eigenvalue weighted by Gasteiger charge is -2.06. The number of nitrogens with one attached hydrogen (secondary N) is 1. The maximum atomic E-state index is 11.1. The van der Waals surface area contributed by atoms with Crippen molar-refractivity contribution in [3.8, 4) is 0 Å². The van der Waals surface area contributed by atoms with E-state index in [0.717, 1.165) is 11.1 Å². The van der Waals surface area contributed by atoms with Crippen molar-refractivity contribution in [1.82, 2.24) is 10.3 Å². The zero-order valence-corrected chi connectivity index (χ0v) is 9.05. The van der Waals surface area contributed by atoms with Gasteiger partial charge in [0.1, 0.15) is 0 Å². The van der Waals surface area contributed by atoms with Crippen molar-refractivity contribution in [3.05, 3.63) is 29.6 Å². The topological polar surface area (TPSA) is 42.0 Å². The van der Waals surface area contributed by atoms with E-state index < -0.39 is 0 Å². The molecule has 3 nitrogen and oxygen atoms in total. The van der Waals surface area contributed by atoms with Gasteiger partial charge in [0.2, 0.25) is 5.91 Å². The number of carbonyl (C=O) groups excluding carboxylic acids is 1. The van der Waals surface area contributed by atoms with E-state index in [9.17, 15) is 4.79 Å². The van der Waals surface area contributed by atoms with Crippen LogP contribution in [0, 0.1) is 6.92 Å². The summed E-state index contributed by atoms with van der Waals surface area (Å²) in [7, 11) is 0. The molecule has 1 aromatic rings. The number of hydrogen-bond donors (Lipinski definition) is 2. The van der Waals surface area contributed by atoms with E-state index in [0.29, 0.717) is 18.7 Å². The fraction of sp³-hybridized carbons (Fsp3) is 0.400. The van der Waals surface area contributed by atoms with Gasteiger partial charge in [0.15, 0.2) is 0 Å². The minimum absolute atomic E-state index is 0.0308. The molecule has 0 aliphatic carbocycles. The minimum Gasteiger partial charge on any atom is -0.352 e. The molecule has 0 atom stereocenters. The fourth-order valence-corrected chi connectivity index (χ4v) is 1.27. The molecular weight excluding hydrogens is 196 g/mol. The van der Waals surface area contributed by atoms with Gasteiger partial charge in [-0.3, -0.25) is 9.78 Å². The average molecular weight is 210 g/mol. The van der Waals surface area contributed by atoms with Gasteiger partial charge in [-0.25, -0.2) is 0 Å². The zero-order valence-electron chi connectivity index (χ0n) is 8.16. The summed E-state index contributed by atoms with van der Waals surface area (Å²) in [6.45, 7) is 2.55. The Balaban J connectivity index is 2.46. The molecule has 1 N–H and O–H groups in total. The van der Waals surface area contributed by atoms with Crippen LogP contribution >= 0.6 is 12.6 Å². The highest BCUT2D eigenvalue weighted by Crippen LogP contribution is 2.03. The molecule has 1 aromatic heterocycles. The van der Waals surface area contributed by atoms with E-state index in [-0.39, 0.29) is 5.91 Å². The molecule has 4 heteroatoms. The molecule has 0 saturated carbocycles. The smallest absolute Gasteiger partial charge is 0.221 e. The van der Waals surface area contributed by atoms with Crippen LogP contribution in [0.25, 0.3) is 0 Å². The van der Waals surface area contributed by atoms with Crippen molar-refractivity contribution in [2.24, 2.45) is 0 Å². The third-order valence-corrected chi connectivity index (χ3v) is 2.19. The largest absolute Gasteiger partial charge is 0.352 e. The van der Waals surface area contributed by atoms with Crippen molar-refractivity contribution >= 4 is 18.5 Å². The number of rotatable bonds is 4. The second-order valence-corrected chi connectivity index (χ2v) is 3.50. The van der Waals surface area contributed by atoms with Gasteiger partial charge in [0.05, 0.1) is 0 Å². The van der Waals surface area contributed by atoms with Crippen molar-refractivity contribution in [3.63, 3.8) is 0 Å². The van der Waals surface area contributed by atoms with E-state index in [1.807, 2.05) is 13.0 Å². The van der Waals surface area contributed by atoms with Crippen LogP contribution in [0.5, 0.6) is 0 Å². The van der Waals surface area contributed by atoms with E-state index in [2.05, 4.69) is 22.9 Å². The fourth-order valence-electron chi connectivity index (χ4n) is 1.07. The first-order valence-electron chi connectivity index (χ1n) is 4.51. The number of hydrogen-bond acceptors (Lipinski definition) is 3. The molecule has 0 unspecified atom stereocenters. The van der Waals surface area contributed by atoms with E-state index in [1.165, 1.54) is 0 Å². The quantitative estimate of drug-likeness (QED) is 0.736. The molecular formula is C10H14N2OS. The lowest BCUT2D eigenvalue weighted by molar-refractivity contribution is -0.120. The van der Waals surface area contributed by atoms with Gasteiger partial charge in [-0.15, -0.1) is 0 Å². The molecule has 1 heterocycles. The van der Waals surface area contributed by atoms with Crippen molar-refractivity contribution in [2.45, 2.75) is 19.9 Å². The van der Waals surface area contributed by atoms with Crippen LogP contribution in [0.3, 0.4) is 0 Å². The predicted molar refractivity (Wildman–Crippen MR) is 59.3 cm³/mol. The molecule has 0 aliphatic heterocycles. The monoisotopic (exact) mass is 210 g/mol. The van der Waals surface area contributed by atoms with E-state index >= 15 is 0 Å². The third-order valence-electron chi connectivity index (χ3n) is 1.96. The van der Waals surface area contributed by atoms with Gasteiger partial charge in [-0.05, 0) is 29.9 Å². The molecule has 0 spiro atoms. The number of carbonyl (C=O) groups is 1. The number of aryl methyl sites for hydroxylation is 1. The maximum absolute atomic E-state index is 11.1. The lowest BCUT2D eigenvalue weighted by Crippen LogP contribution is -2.23. The van der Waals surface area contributed by atoms with Crippen LogP contribution in [-0.4, -0.2) is 16.6 Å². The first-order valence-corrected chi connectivity index (χ1v) is 5.14. The minimum atomic E-state index is 0.0308. The van der Waals surface area contributed by atoms with Crippen LogP contribution < -0.4 is 5.32 Å². The Kier molecular flexibility index (Phi) is 4.46. The van der Waals surface area contributed by atoms with Crippen molar-refractivity contribution in [2.75, 3.05) is 5.75 Å². The van der Waals surface area contributed by atoms with Gasteiger partial charge >= 0.3 is 0 Å².